The number of hydrogen-bond donors (Lipinski definition) is 2. The fourth-order valence-corrected chi connectivity index (χ4v) is 1.78. The largest absolute Gasteiger partial charge is 0.394 e. The molecule has 0 radical (unpaired) electrons. The lowest BCUT2D eigenvalue weighted by molar-refractivity contribution is -0.128. The van der Waals surface area contributed by atoms with E-state index in [1.807, 2.05) is 11.8 Å². The van der Waals surface area contributed by atoms with E-state index in [9.17, 15) is 4.79 Å². The highest BCUT2D eigenvalue weighted by atomic mass is 16.5. The van der Waals surface area contributed by atoms with Crippen LogP contribution in [-0.4, -0.2) is 54.4 Å². The van der Waals surface area contributed by atoms with Gasteiger partial charge in [-0.15, -0.1) is 0 Å². The monoisotopic (exact) mass is 202 g/mol. The second-order valence-electron chi connectivity index (χ2n) is 3.50. The van der Waals surface area contributed by atoms with Crippen molar-refractivity contribution in [3.63, 3.8) is 0 Å². The first-order chi connectivity index (χ1) is 6.69. The molecule has 0 aromatic carbocycles. The van der Waals surface area contributed by atoms with Crippen LogP contribution in [0.5, 0.6) is 0 Å². The smallest absolute Gasteiger partial charge is 0.234 e. The number of primary amides is 1. The summed E-state index contributed by atoms with van der Waals surface area (Å²) in [6.45, 7) is 3.76. The predicted octanol–water partition coefficient (Wildman–Crippen LogP) is -1.06. The number of amides is 1. The molecule has 1 saturated heterocycles. The van der Waals surface area contributed by atoms with Gasteiger partial charge in [-0.3, -0.25) is 9.69 Å². The van der Waals surface area contributed by atoms with Gasteiger partial charge in [0, 0.05) is 13.1 Å². The summed E-state index contributed by atoms with van der Waals surface area (Å²) in [6, 6.07) is -0.229. The molecule has 0 aromatic heterocycles. The highest BCUT2D eigenvalue weighted by Gasteiger charge is 2.27. The Balaban J connectivity index is 2.53. The Morgan fingerprint density at radius 1 is 1.79 bits per heavy atom. The Labute approximate surface area is 83.8 Å². The lowest BCUT2D eigenvalue weighted by atomic mass is 10.1. The van der Waals surface area contributed by atoms with Crippen LogP contribution in [0.25, 0.3) is 0 Å². The molecule has 5 heteroatoms. The maximum atomic E-state index is 11.1. The van der Waals surface area contributed by atoms with Crippen LogP contribution in [0.15, 0.2) is 0 Å². The zero-order valence-corrected chi connectivity index (χ0v) is 8.48. The molecule has 1 aliphatic rings. The lowest BCUT2D eigenvalue weighted by Crippen LogP contribution is -2.53. The minimum atomic E-state index is -0.300. The van der Waals surface area contributed by atoms with Crippen LogP contribution in [0.4, 0.5) is 0 Å². The number of nitrogens with two attached hydrogens (primary N) is 1. The second kappa shape index (κ2) is 5.29. The molecular formula is C9H18N2O3. The summed E-state index contributed by atoms with van der Waals surface area (Å²) in [5.41, 5.74) is 5.28. The molecule has 0 spiro atoms. The van der Waals surface area contributed by atoms with Crippen molar-refractivity contribution in [2.75, 3.05) is 26.3 Å². The van der Waals surface area contributed by atoms with Gasteiger partial charge in [0.05, 0.1) is 25.4 Å². The molecule has 3 N–H and O–H groups in total. The van der Waals surface area contributed by atoms with E-state index in [1.165, 1.54) is 0 Å². The molecule has 1 aliphatic heterocycles. The SMILES string of the molecule is CCC(C(N)=O)N1CCOC(CO)C1. The van der Waals surface area contributed by atoms with Gasteiger partial charge in [-0.05, 0) is 6.42 Å². The van der Waals surface area contributed by atoms with Gasteiger partial charge in [0.2, 0.25) is 5.91 Å². The van der Waals surface area contributed by atoms with E-state index in [0.717, 1.165) is 0 Å². The number of carbonyl (C=O) groups excluding carboxylic acids is 1. The van der Waals surface area contributed by atoms with Gasteiger partial charge in [-0.2, -0.15) is 0 Å². The molecule has 0 bridgehead atoms. The van der Waals surface area contributed by atoms with Crippen LogP contribution >= 0.6 is 0 Å². The van der Waals surface area contributed by atoms with E-state index in [-0.39, 0.29) is 24.7 Å². The normalized spacial score (nSPS) is 26.0. The van der Waals surface area contributed by atoms with Gasteiger partial charge in [0.15, 0.2) is 0 Å². The van der Waals surface area contributed by atoms with Crippen LogP contribution < -0.4 is 5.73 Å². The van der Waals surface area contributed by atoms with Crippen molar-refractivity contribution >= 4 is 5.91 Å². The third kappa shape index (κ3) is 2.67. The maximum absolute atomic E-state index is 11.1. The second-order valence-corrected chi connectivity index (χ2v) is 3.50. The summed E-state index contributed by atoms with van der Waals surface area (Å²) in [5.74, 6) is -0.300. The zero-order valence-electron chi connectivity index (χ0n) is 8.48. The fourth-order valence-electron chi connectivity index (χ4n) is 1.78. The number of hydrogen-bond acceptors (Lipinski definition) is 4. The first-order valence-corrected chi connectivity index (χ1v) is 4.94. The molecule has 1 rings (SSSR count). The van der Waals surface area contributed by atoms with E-state index >= 15 is 0 Å². The highest BCUT2D eigenvalue weighted by molar-refractivity contribution is 5.79. The first-order valence-electron chi connectivity index (χ1n) is 4.94. The van der Waals surface area contributed by atoms with Crippen molar-refractivity contribution in [2.45, 2.75) is 25.5 Å². The Morgan fingerprint density at radius 2 is 2.50 bits per heavy atom. The van der Waals surface area contributed by atoms with E-state index in [4.69, 9.17) is 15.6 Å². The van der Waals surface area contributed by atoms with Crippen LogP contribution in [0.2, 0.25) is 0 Å². The highest BCUT2D eigenvalue weighted by Crippen LogP contribution is 2.10. The van der Waals surface area contributed by atoms with Crippen molar-refractivity contribution in [1.29, 1.82) is 0 Å². The van der Waals surface area contributed by atoms with Crippen LogP contribution in [0.1, 0.15) is 13.3 Å². The van der Waals surface area contributed by atoms with Gasteiger partial charge in [-0.25, -0.2) is 0 Å². The molecule has 1 amide bonds. The molecule has 0 saturated carbocycles. The van der Waals surface area contributed by atoms with E-state index < -0.39 is 0 Å². The first kappa shape index (κ1) is 11.4. The van der Waals surface area contributed by atoms with Gasteiger partial charge >= 0.3 is 0 Å². The van der Waals surface area contributed by atoms with Crippen LogP contribution in [-0.2, 0) is 9.53 Å². The molecule has 2 unspecified atom stereocenters. The summed E-state index contributed by atoms with van der Waals surface area (Å²) in [6.07, 6.45) is 0.519. The molecule has 14 heavy (non-hydrogen) atoms. The number of ether oxygens (including phenoxy) is 1. The van der Waals surface area contributed by atoms with E-state index in [1.54, 1.807) is 0 Å². The molecule has 82 valence electrons. The summed E-state index contributed by atoms with van der Waals surface area (Å²) in [4.78, 5) is 13.1. The Hall–Kier alpha value is -0.650. The average molecular weight is 202 g/mol. The standard InChI is InChI=1S/C9H18N2O3/c1-2-8(9(10)13)11-3-4-14-7(5-11)6-12/h7-8,12H,2-6H2,1H3,(H2,10,13). The number of aliphatic hydroxyl groups is 1. The third-order valence-electron chi connectivity index (χ3n) is 2.53. The predicted molar refractivity (Wildman–Crippen MR) is 51.7 cm³/mol. The molecule has 0 aromatic rings. The number of aliphatic hydroxyl groups excluding tert-OH is 1. The Bertz CT molecular complexity index is 198. The zero-order chi connectivity index (χ0) is 10.6. The minimum absolute atomic E-state index is 0.00824. The molecule has 1 heterocycles. The molecule has 5 nitrogen and oxygen atoms in total. The summed E-state index contributed by atoms with van der Waals surface area (Å²) in [5, 5.41) is 8.93. The average Bonchev–Trinajstić information content (AvgIpc) is 2.19. The topological polar surface area (TPSA) is 75.8 Å². The molecule has 1 fully saturated rings. The fraction of sp³-hybridized carbons (Fsp3) is 0.889. The quantitative estimate of drug-likeness (QED) is 0.609. The van der Waals surface area contributed by atoms with Crippen LogP contribution in [0.3, 0.4) is 0 Å². The third-order valence-corrected chi connectivity index (χ3v) is 2.53. The molecule has 0 aliphatic carbocycles. The minimum Gasteiger partial charge on any atom is -0.394 e. The van der Waals surface area contributed by atoms with Crippen molar-refractivity contribution < 1.29 is 14.6 Å². The Morgan fingerprint density at radius 3 is 3.00 bits per heavy atom. The lowest BCUT2D eigenvalue weighted by Gasteiger charge is -2.35. The molecule has 2 atom stereocenters. The molecular weight excluding hydrogens is 184 g/mol. The van der Waals surface area contributed by atoms with Crippen molar-refractivity contribution in [2.24, 2.45) is 5.73 Å². The van der Waals surface area contributed by atoms with E-state index in [2.05, 4.69) is 0 Å². The van der Waals surface area contributed by atoms with Crippen LogP contribution in [0, 0.1) is 0 Å². The van der Waals surface area contributed by atoms with Crippen molar-refractivity contribution in [1.82, 2.24) is 4.90 Å². The summed E-state index contributed by atoms with van der Waals surface area (Å²) < 4.78 is 5.29. The number of nitrogens with zero attached hydrogens (tertiary/aromatic N) is 1. The van der Waals surface area contributed by atoms with Gasteiger partial charge in [0.1, 0.15) is 0 Å². The summed E-state index contributed by atoms with van der Waals surface area (Å²) >= 11 is 0. The van der Waals surface area contributed by atoms with E-state index in [0.29, 0.717) is 26.1 Å². The van der Waals surface area contributed by atoms with Crippen molar-refractivity contribution in [3.8, 4) is 0 Å². The van der Waals surface area contributed by atoms with Gasteiger partial charge < -0.3 is 15.6 Å². The number of carbonyl (C=O) groups is 1. The Kier molecular flexibility index (Phi) is 4.31. The van der Waals surface area contributed by atoms with Gasteiger partial charge in [0.25, 0.3) is 0 Å². The number of morpholine rings is 1. The maximum Gasteiger partial charge on any atom is 0.234 e. The van der Waals surface area contributed by atoms with Gasteiger partial charge in [-0.1, -0.05) is 6.92 Å². The number of rotatable bonds is 4. The summed E-state index contributed by atoms with van der Waals surface area (Å²) in [7, 11) is 0. The van der Waals surface area contributed by atoms with Crippen molar-refractivity contribution in [3.05, 3.63) is 0 Å².